The summed E-state index contributed by atoms with van der Waals surface area (Å²) in [7, 11) is 1.64. The largest absolute Gasteiger partial charge is 0.496 e. The zero-order valence-electron chi connectivity index (χ0n) is 19.9. The van der Waals surface area contributed by atoms with Gasteiger partial charge in [-0.1, -0.05) is 78.9 Å². The SMILES string of the molecule is COc1ccccc1[C@H](C)C(=O)N1CC2C(O)CCC(c3ccccc3)(c3ccccc3)C2C1. The van der Waals surface area contributed by atoms with Crippen LogP contribution in [0.5, 0.6) is 5.75 Å². The molecule has 1 aliphatic heterocycles. The maximum absolute atomic E-state index is 13.7. The van der Waals surface area contributed by atoms with Crippen LogP contribution in [-0.4, -0.2) is 42.2 Å². The third kappa shape index (κ3) is 3.70. The minimum Gasteiger partial charge on any atom is -0.496 e. The molecule has 4 atom stereocenters. The van der Waals surface area contributed by atoms with E-state index in [1.807, 2.05) is 36.1 Å². The molecule has 34 heavy (non-hydrogen) atoms. The van der Waals surface area contributed by atoms with Crippen LogP contribution in [0.3, 0.4) is 0 Å². The lowest BCUT2D eigenvalue weighted by Gasteiger charge is -2.48. The van der Waals surface area contributed by atoms with Gasteiger partial charge in [0.05, 0.1) is 19.1 Å². The monoisotopic (exact) mass is 455 g/mol. The van der Waals surface area contributed by atoms with Gasteiger partial charge in [-0.15, -0.1) is 0 Å². The Morgan fingerprint density at radius 1 is 0.941 bits per heavy atom. The van der Waals surface area contributed by atoms with Crippen molar-refractivity contribution in [2.45, 2.75) is 37.2 Å². The van der Waals surface area contributed by atoms with Gasteiger partial charge in [0.2, 0.25) is 5.91 Å². The number of para-hydroxylation sites is 1. The fourth-order valence-electron chi connectivity index (χ4n) is 6.48. The molecule has 0 aromatic heterocycles. The Morgan fingerprint density at radius 3 is 2.15 bits per heavy atom. The molecule has 1 amide bonds. The smallest absolute Gasteiger partial charge is 0.229 e. The first kappa shape index (κ1) is 22.7. The highest BCUT2D eigenvalue weighted by Crippen LogP contribution is 2.53. The zero-order chi connectivity index (χ0) is 23.7. The van der Waals surface area contributed by atoms with Crippen molar-refractivity contribution < 1.29 is 14.6 Å². The summed E-state index contributed by atoms with van der Waals surface area (Å²) in [4.78, 5) is 15.7. The van der Waals surface area contributed by atoms with E-state index in [9.17, 15) is 9.90 Å². The minimum atomic E-state index is -0.398. The van der Waals surface area contributed by atoms with Crippen LogP contribution < -0.4 is 4.74 Å². The Bertz CT molecular complexity index is 1090. The van der Waals surface area contributed by atoms with Crippen molar-refractivity contribution in [1.82, 2.24) is 4.90 Å². The molecule has 0 bridgehead atoms. The van der Waals surface area contributed by atoms with E-state index in [0.717, 1.165) is 24.2 Å². The van der Waals surface area contributed by atoms with E-state index in [2.05, 4.69) is 60.7 Å². The number of hydrogen-bond acceptors (Lipinski definition) is 3. The van der Waals surface area contributed by atoms with Crippen molar-refractivity contribution in [3.8, 4) is 5.75 Å². The lowest BCUT2D eigenvalue weighted by molar-refractivity contribution is -0.131. The number of carbonyl (C=O) groups is 1. The Kier molecular flexibility index (Phi) is 6.18. The van der Waals surface area contributed by atoms with Crippen molar-refractivity contribution in [2.24, 2.45) is 11.8 Å². The molecule has 3 unspecified atom stereocenters. The number of methoxy groups -OCH3 is 1. The standard InChI is InChI=1S/C30H33NO3/c1-21(24-15-9-10-16-28(24)34-2)29(33)31-19-25-26(20-31)30(18-17-27(25)32,22-11-5-3-6-12-22)23-13-7-4-8-14-23/h3-16,21,25-27,32H,17-20H2,1-2H3/t21-,25?,26?,27?/m0/s1. The normalized spacial score (nSPS) is 24.3. The zero-order valence-corrected chi connectivity index (χ0v) is 19.9. The highest BCUT2D eigenvalue weighted by atomic mass is 16.5. The number of hydrogen-bond donors (Lipinski definition) is 1. The van der Waals surface area contributed by atoms with Gasteiger partial charge in [-0.2, -0.15) is 0 Å². The number of likely N-dealkylation sites (tertiary alicyclic amines) is 1. The number of carbonyl (C=O) groups excluding carboxylic acids is 1. The van der Waals surface area contributed by atoms with Gasteiger partial charge < -0.3 is 14.7 Å². The van der Waals surface area contributed by atoms with Crippen molar-refractivity contribution in [2.75, 3.05) is 20.2 Å². The van der Waals surface area contributed by atoms with Crippen molar-refractivity contribution in [3.05, 3.63) is 102 Å². The molecule has 1 saturated heterocycles. The first-order valence-electron chi connectivity index (χ1n) is 12.3. The number of amides is 1. The molecule has 3 aromatic rings. The Labute approximate surface area is 202 Å². The number of aliphatic hydroxyl groups excluding tert-OH is 1. The number of fused-ring (bicyclic) bond motifs is 1. The second-order valence-corrected chi connectivity index (χ2v) is 9.79. The molecule has 1 aliphatic carbocycles. The van der Waals surface area contributed by atoms with Crippen LogP contribution in [0.1, 0.15) is 42.4 Å². The number of aliphatic hydroxyl groups is 1. The van der Waals surface area contributed by atoms with E-state index in [1.165, 1.54) is 11.1 Å². The third-order valence-electron chi connectivity index (χ3n) is 8.19. The predicted octanol–water partition coefficient (Wildman–Crippen LogP) is 5.01. The van der Waals surface area contributed by atoms with Gasteiger partial charge in [0, 0.05) is 30.0 Å². The van der Waals surface area contributed by atoms with Crippen LogP contribution in [0, 0.1) is 11.8 Å². The number of rotatable bonds is 5. The van der Waals surface area contributed by atoms with Crippen LogP contribution in [0.4, 0.5) is 0 Å². The van der Waals surface area contributed by atoms with Gasteiger partial charge in [-0.3, -0.25) is 4.79 Å². The maximum atomic E-state index is 13.7. The third-order valence-corrected chi connectivity index (χ3v) is 8.19. The van der Waals surface area contributed by atoms with Crippen LogP contribution in [-0.2, 0) is 10.2 Å². The molecule has 1 N–H and O–H groups in total. The average molecular weight is 456 g/mol. The van der Waals surface area contributed by atoms with Crippen molar-refractivity contribution in [1.29, 1.82) is 0 Å². The van der Waals surface area contributed by atoms with Gasteiger partial charge in [0.1, 0.15) is 5.75 Å². The molecule has 4 nitrogen and oxygen atoms in total. The highest BCUT2D eigenvalue weighted by molar-refractivity contribution is 5.84. The summed E-state index contributed by atoms with van der Waals surface area (Å²) in [5, 5.41) is 11.1. The lowest BCUT2D eigenvalue weighted by atomic mass is 9.56. The first-order chi connectivity index (χ1) is 16.6. The summed E-state index contributed by atoms with van der Waals surface area (Å²) >= 11 is 0. The topological polar surface area (TPSA) is 49.8 Å². The van der Waals surface area contributed by atoms with Gasteiger partial charge in [0.25, 0.3) is 0 Å². The summed E-state index contributed by atoms with van der Waals surface area (Å²) in [6.45, 7) is 3.19. The van der Waals surface area contributed by atoms with Gasteiger partial charge in [-0.05, 0) is 42.9 Å². The quantitative estimate of drug-likeness (QED) is 0.588. The average Bonchev–Trinajstić information content (AvgIpc) is 3.36. The molecule has 1 saturated carbocycles. The van der Waals surface area contributed by atoms with E-state index >= 15 is 0 Å². The molecule has 3 aromatic carbocycles. The molecule has 5 rings (SSSR count). The van der Waals surface area contributed by atoms with Crippen LogP contribution in [0.25, 0.3) is 0 Å². The molecule has 1 heterocycles. The number of ether oxygens (including phenoxy) is 1. The minimum absolute atomic E-state index is 0.0444. The van der Waals surface area contributed by atoms with E-state index in [0.29, 0.717) is 13.1 Å². The fourth-order valence-corrected chi connectivity index (χ4v) is 6.48. The van der Waals surface area contributed by atoms with Crippen molar-refractivity contribution in [3.63, 3.8) is 0 Å². The summed E-state index contributed by atoms with van der Waals surface area (Å²) in [6.07, 6.45) is 1.20. The van der Waals surface area contributed by atoms with Crippen LogP contribution >= 0.6 is 0 Å². The second kappa shape index (κ2) is 9.27. The fraction of sp³-hybridized carbons (Fsp3) is 0.367. The second-order valence-electron chi connectivity index (χ2n) is 9.79. The van der Waals surface area contributed by atoms with Gasteiger partial charge in [0.15, 0.2) is 0 Å². The molecule has 2 fully saturated rings. The molecule has 0 spiro atoms. The van der Waals surface area contributed by atoms with E-state index in [1.54, 1.807) is 7.11 Å². The maximum Gasteiger partial charge on any atom is 0.229 e. The summed E-state index contributed by atoms with van der Waals surface area (Å²) in [5.74, 6) is 0.721. The molecular weight excluding hydrogens is 422 g/mol. The van der Waals surface area contributed by atoms with Crippen molar-refractivity contribution >= 4 is 5.91 Å². The summed E-state index contributed by atoms with van der Waals surface area (Å²) in [5.41, 5.74) is 3.22. The van der Waals surface area contributed by atoms with E-state index < -0.39 is 6.10 Å². The van der Waals surface area contributed by atoms with E-state index in [4.69, 9.17) is 4.74 Å². The number of nitrogens with zero attached hydrogens (tertiary/aromatic N) is 1. The first-order valence-corrected chi connectivity index (χ1v) is 12.3. The predicted molar refractivity (Wildman–Crippen MR) is 134 cm³/mol. The van der Waals surface area contributed by atoms with Crippen LogP contribution in [0.2, 0.25) is 0 Å². The molecule has 2 aliphatic rings. The lowest BCUT2D eigenvalue weighted by Crippen LogP contribution is -2.48. The van der Waals surface area contributed by atoms with Crippen LogP contribution in [0.15, 0.2) is 84.9 Å². The highest BCUT2D eigenvalue weighted by Gasteiger charge is 2.55. The van der Waals surface area contributed by atoms with E-state index in [-0.39, 0.29) is 29.1 Å². The molecule has 176 valence electrons. The molecule has 0 radical (unpaired) electrons. The Hall–Kier alpha value is -3.11. The summed E-state index contributed by atoms with van der Waals surface area (Å²) in [6, 6.07) is 29.1. The van der Waals surface area contributed by atoms with Gasteiger partial charge in [-0.25, -0.2) is 0 Å². The Morgan fingerprint density at radius 2 is 1.53 bits per heavy atom. The molecule has 4 heteroatoms. The Balaban J connectivity index is 1.52. The van der Waals surface area contributed by atoms with Gasteiger partial charge >= 0.3 is 0 Å². The number of benzene rings is 3. The molecular formula is C30H33NO3. The summed E-state index contributed by atoms with van der Waals surface area (Å²) < 4.78 is 5.53.